The molecule has 0 spiro atoms. The first-order chi connectivity index (χ1) is 8.58. The maximum atomic E-state index is 12.2. The lowest BCUT2D eigenvalue weighted by Crippen LogP contribution is -2.38. The molecule has 98 valence electrons. The van der Waals surface area contributed by atoms with Gasteiger partial charge in [-0.3, -0.25) is 4.79 Å². The fourth-order valence-electron chi connectivity index (χ4n) is 2.50. The molecule has 0 bridgehead atoms. The van der Waals surface area contributed by atoms with E-state index < -0.39 is 0 Å². The Kier molecular flexibility index (Phi) is 4.02. The Morgan fingerprint density at radius 3 is 2.89 bits per heavy atom. The molecule has 1 fully saturated rings. The molecule has 1 saturated heterocycles. The van der Waals surface area contributed by atoms with E-state index in [1.807, 2.05) is 12.1 Å². The zero-order chi connectivity index (χ0) is 13.1. The third kappa shape index (κ3) is 2.91. The molecular weight excluding hydrogens is 224 g/mol. The van der Waals surface area contributed by atoms with E-state index in [4.69, 9.17) is 0 Å². The van der Waals surface area contributed by atoms with Crippen LogP contribution in [0.3, 0.4) is 0 Å². The summed E-state index contributed by atoms with van der Waals surface area (Å²) in [6, 6.07) is 6.04. The molecule has 3 nitrogen and oxygen atoms in total. The number of likely N-dealkylation sites (tertiary alicyclic amines) is 1. The SMILES string of the molecule is Cc1cccc(NC(=O)[C@@H]2CCCN(C)C2)c1C. The van der Waals surface area contributed by atoms with Crippen molar-refractivity contribution in [3.8, 4) is 0 Å². The van der Waals surface area contributed by atoms with E-state index in [0.29, 0.717) is 0 Å². The van der Waals surface area contributed by atoms with Gasteiger partial charge in [-0.2, -0.15) is 0 Å². The number of amides is 1. The van der Waals surface area contributed by atoms with E-state index in [2.05, 4.69) is 37.2 Å². The third-order valence-electron chi connectivity index (χ3n) is 3.86. The van der Waals surface area contributed by atoms with Crippen LogP contribution in [0, 0.1) is 19.8 Å². The summed E-state index contributed by atoms with van der Waals surface area (Å²) in [5.41, 5.74) is 3.33. The number of carbonyl (C=O) groups excluding carboxylic acids is 1. The van der Waals surface area contributed by atoms with Gasteiger partial charge in [-0.1, -0.05) is 12.1 Å². The lowest BCUT2D eigenvalue weighted by molar-refractivity contribution is -0.121. The molecule has 1 amide bonds. The highest BCUT2D eigenvalue weighted by Gasteiger charge is 2.24. The predicted molar refractivity (Wildman–Crippen MR) is 74.8 cm³/mol. The van der Waals surface area contributed by atoms with E-state index in [0.717, 1.165) is 37.2 Å². The van der Waals surface area contributed by atoms with E-state index in [9.17, 15) is 4.79 Å². The molecule has 0 saturated carbocycles. The van der Waals surface area contributed by atoms with Crippen LogP contribution in [-0.4, -0.2) is 30.9 Å². The van der Waals surface area contributed by atoms with Crippen molar-refractivity contribution in [2.45, 2.75) is 26.7 Å². The number of anilines is 1. The van der Waals surface area contributed by atoms with Crippen molar-refractivity contribution in [2.75, 3.05) is 25.5 Å². The molecule has 0 unspecified atom stereocenters. The maximum absolute atomic E-state index is 12.2. The number of aryl methyl sites for hydroxylation is 1. The fraction of sp³-hybridized carbons (Fsp3) is 0.533. The van der Waals surface area contributed by atoms with Crippen molar-refractivity contribution >= 4 is 11.6 Å². The van der Waals surface area contributed by atoms with Crippen LogP contribution in [0.1, 0.15) is 24.0 Å². The molecule has 1 N–H and O–H groups in total. The molecule has 1 heterocycles. The first-order valence-electron chi connectivity index (χ1n) is 6.63. The van der Waals surface area contributed by atoms with Crippen LogP contribution in [0.4, 0.5) is 5.69 Å². The predicted octanol–water partition coefficient (Wildman–Crippen LogP) is 2.58. The van der Waals surface area contributed by atoms with Gasteiger partial charge in [0.05, 0.1) is 5.92 Å². The number of carbonyl (C=O) groups is 1. The molecule has 1 aliphatic heterocycles. The second-order valence-electron chi connectivity index (χ2n) is 5.34. The smallest absolute Gasteiger partial charge is 0.228 e. The number of hydrogen-bond donors (Lipinski definition) is 1. The van der Waals surface area contributed by atoms with Gasteiger partial charge in [0.25, 0.3) is 0 Å². The van der Waals surface area contributed by atoms with Crippen LogP contribution < -0.4 is 5.32 Å². The van der Waals surface area contributed by atoms with Crippen LogP contribution in [-0.2, 0) is 4.79 Å². The number of rotatable bonds is 2. The molecule has 0 aliphatic carbocycles. The number of piperidine rings is 1. The molecule has 2 rings (SSSR count). The van der Waals surface area contributed by atoms with Gasteiger partial charge < -0.3 is 10.2 Å². The Hall–Kier alpha value is -1.35. The molecule has 1 aromatic rings. The highest BCUT2D eigenvalue weighted by Crippen LogP contribution is 2.21. The molecule has 1 aromatic carbocycles. The Bertz CT molecular complexity index is 442. The van der Waals surface area contributed by atoms with Crippen LogP contribution >= 0.6 is 0 Å². The molecule has 1 atom stereocenters. The zero-order valence-electron chi connectivity index (χ0n) is 11.5. The number of nitrogens with zero attached hydrogens (tertiary/aromatic N) is 1. The second kappa shape index (κ2) is 5.53. The summed E-state index contributed by atoms with van der Waals surface area (Å²) in [7, 11) is 2.08. The van der Waals surface area contributed by atoms with Gasteiger partial charge in [0.15, 0.2) is 0 Å². The molecule has 3 heteroatoms. The molecular formula is C15H22N2O. The Morgan fingerprint density at radius 1 is 1.39 bits per heavy atom. The minimum Gasteiger partial charge on any atom is -0.326 e. The van der Waals surface area contributed by atoms with Crippen LogP contribution in [0.25, 0.3) is 0 Å². The summed E-state index contributed by atoms with van der Waals surface area (Å²) in [6.07, 6.45) is 2.11. The Balaban J connectivity index is 2.04. The standard InChI is InChI=1S/C15H22N2O/c1-11-6-4-8-14(12(11)2)16-15(18)13-7-5-9-17(3)10-13/h4,6,8,13H,5,7,9-10H2,1-3H3,(H,16,18)/t13-/m1/s1. The van der Waals surface area contributed by atoms with Crippen molar-refractivity contribution < 1.29 is 4.79 Å². The number of benzene rings is 1. The van der Waals surface area contributed by atoms with Gasteiger partial charge in [-0.15, -0.1) is 0 Å². The minimum atomic E-state index is 0.128. The lowest BCUT2D eigenvalue weighted by atomic mass is 9.97. The number of nitrogens with one attached hydrogen (secondary N) is 1. The normalized spacial score (nSPS) is 20.7. The summed E-state index contributed by atoms with van der Waals surface area (Å²) < 4.78 is 0. The Morgan fingerprint density at radius 2 is 2.17 bits per heavy atom. The van der Waals surface area contributed by atoms with Gasteiger partial charge in [0.2, 0.25) is 5.91 Å². The minimum absolute atomic E-state index is 0.128. The van der Waals surface area contributed by atoms with Crippen LogP contribution in [0.2, 0.25) is 0 Å². The first kappa shape index (κ1) is 13.1. The summed E-state index contributed by atoms with van der Waals surface area (Å²) in [5.74, 6) is 0.291. The van der Waals surface area contributed by atoms with E-state index in [-0.39, 0.29) is 11.8 Å². The monoisotopic (exact) mass is 246 g/mol. The first-order valence-corrected chi connectivity index (χ1v) is 6.63. The fourth-order valence-corrected chi connectivity index (χ4v) is 2.50. The lowest BCUT2D eigenvalue weighted by Gasteiger charge is -2.29. The maximum Gasteiger partial charge on any atom is 0.228 e. The summed E-state index contributed by atoms with van der Waals surface area (Å²) in [5, 5.41) is 3.08. The zero-order valence-corrected chi connectivity index (χ0v) is 11.5. The van der Waals surface area contributed by atoms with Crippen LogP contribution in [0.5, 0.6) is 0 Å². The van der Waals surface area contributed by atoms with E-state index in [1.165, 1.54) is 5.56 Å². The van der Waals surface area contributed by atoms with Gasteiger partial charge >= 0.3 is 0 Å². The van der Waals surface area contributed by atoms with Crippen molar-refractivity contribution in [3.05, 3.63) is 29.3 Å². The highest BCUT2D eigenvalue weighted by atomic mass is 16.1. The van der Waals surface area contributed by atoms with Gasteiger partial charge in [0.1, 0.15) is 0 Å². The quantitative estimate of drug-likeness (QED) is 0.870. The van der Waals surface area contributed by atoms with Crippen molar-refractivity contribution in [1.29, 1.82) is 0 Å². The van der Waals surface area contributed by atoms with Crippen molar-refractivity contribution in [3.63, 3.8) is 0 Å². The largest absolute Gasteiger partial charge is 0.326 e. The molecule has 18 heavy (non-hydrogen) atoms. The van der Waals surface area contributed by atoms with Crippen LogP contribution in [0.15, 0.2) is 18.2 Å². The summed E-state index contributed by atoms with van der Waals surface area (Å²) in [6.45, 7) is 6.10. The van der Waals surface area contributed by atoms with Gasteiger partial charge in [-0.25, -0.2) is 0 Å². The van der Waals surface area contributed by atoms with Gasteiger partial charge in [-0.05, 0) is 57.5 Å². The summed E-state index contributed by atoms with van der Waals surface area (Å²) >= 11 is 0. The highest BCUT2D eigenvalue weighted by molar-refractivity contribution is 5.93. The average Bonchev–Trinajstić information content (AvgIpc) is 2.35. The second-order valence-corrected chi connectivity index (χ2v) is 5.34. The van der Waals surface area contributed by atoms with Crippen molar-refractivity contribution in [2.24, 2.45) is 5.92 Å². The van der Waals surface area contributed by atoms with Crippen molar-refractivity contribution in [1.82, 2.24) is 4.90 Å². The Labute approximate surface area is 109 Å². The van der Waals surface area contributed by atoms with Gasteiger partial charge in [0, 0.05) is 12.2 Å². The molecule has 1 aliphatic rings. The molecule has 0 aromatic heterocycles. The summed E-state index contributed by atoms with van der Waals surface area (Å²) in [4.78, 5) is 14.5. The van der Waals surface area contributed by atoms with E-state index in [1.54, 1.807) is 0 Å². The number of hydrogen-bond acceptors (Lipinski definition) is 2. The topological polar surface area (TPSA) is 32.3 Å². The van der Waals surface area contributed by atoms with E-state index >= 15 is 0 Å². The molecule has 0 radical (unpaired) electrons. The average molecular weight is 246 g/mol. The third-order valence-corrected chi connectivity index (χ3v) is 3.86.